The highest BCUT2D eigenvalue weighted by molar-refractivity contribution is 14.1. The number of benzene rings is 1. The minimum Gasteiger partial charge on any atom is -0.494 e. The molecule has 0 radical (unpaired) electrons. The lowest BCUT2D eigenvalue weighted by molar-refractivity contribution is 0.299. The monoisotopic (exact) mass is 385 g/mol. The summed E-state index contributed by atoms with van der Waals surface area (Å²) in [5.41, 5.74) is 7.16. The predicted octanol–water partition coefficient (Wildman–Crippen LogP) is 3.66. The van der Waals surface area contributed by atoms with E-state index in [-0.39, 0.29) is 0 Å². The van der Waals surface area contributed by atoms with Crippen LogP contribution in [0.2, 0.25) is 0 Å². The maximum absolute atomic E-state index is 6.09. The second-order valence-electron chi connectivity index (χ2n) is 4.98. The van der Waals surface area contributed by atoms with E-state index in [0.29, 0.717) is 12.5 Å². The molecule has 0 amide bonds. The van der Waals surface area contributed by atoms with Crippen molar-refractivity contribution in [2.24, 2.45) is 0 Å². The van der Waals surface area contributed by atoms with Crippen molar-refractivity contribution >= 4 is 28.4 Å². The van der Waals surface area contributed by atoms with Crippen LogP contribution >= 0.6 is 22.6 Å². The summed E-state index contributed by atoms with van der Waals surface area (Å²) in [4.78, 5) is 0. The average Bonchev–Trinajstić information content (AvgIpc) is 2.73. The molecule has 0 unspecified atom stereocenters. The first-order valence-corrected chi connectivity index (χ1v) is 7.87. The van der Waals surface area contributed by atoms with E-state index in [1.807, 2.05) is 35.0 Å². The number of halogens is 1. The topological polar surface area (TPSA) is 53.1 Å². The molecule has 0 bridgehead atoms. The zero-order valence-corrected chi connectivity index (χ0v) is 14.0. The van der Waals surface area contributed by atoms with Gasteiger partial charge in [-0.25, -0.2) is 4.68 Å². The highest BCUT2D eigenvalue weighted by atomic mass is 127. The molecule has 0 spiro atoms. The fraction of sp³-hybridized carbons (Fsp3) is 0.400. The van der Waals surface area contributed by atoms with Crippen LogP contribution in [0.1, 0.15) is 31.9 Å². The third-order valence-corrected chi connectivity index (χ3v) is 4.13. The van der Waals surface area contributed by atoms with Gasteiger partial charge in [0.15, 0.2) is 0 Å². The van der Waals surface area contributed by atoms with Gasteiger partial charge in [-0.3, -0.25) is 0 Å². The van der Waals surface area contributed by atoms with Crippen LogP contribution in [0.4, 0.5) is 5.82 Å². The molecule has 20 heavy (non-hydrogen) atoms. The second kappa shape index (κ2) is 6.97. The number of rotatable bonds is 6. The Morgan fingerprint density at radius 1 is 1.30 bits per heavy atom. The maximum atomic E-state index is 6.09. The third-order valence-electron chi connectivity index (χ3n) is 3.03. The van der Waals surface area contributed by atoms with E-state index in [9.17, 15) is 0 Å². The van der Waals surface area contributed by atoms with Crippen molar-refractivity contribution in [2.45, 2.75) is 32.7 Å². The van der Waals surface area contributed by atoms with Crippen LogP contribution in [0.5, 0.6) is 5.75 Å². The lowest BCUT2D eigenvalue weighted by Crippen LogP contribution is -2.09. The second-order valence-corrected chi connectivity index (χ2v) is 6.06. The summed E-state index contributed by atoms with van der Waals surface area (Å²) in [6.07, 6.45) is 0.883. The standard InChI is InChI=1S/C15H20IN3O/c1-11(2)14-13(16)15(17)19(18-14)9-6-10-20-12-7-4-3-5-8-12/h3-5,7-8,11H,6,9-10,17H2,1-2H3. The minimum absolute atomic E-state index is 0.394. The molecule has 5 heteroatoms. The van der Waals surface area contributed by atoms with E-state index in [4.69, 9.17) is 10.5 Å². The van der Waals surface area contributed by atoms with Crippen LogP contribution in [0.3, 0.4) is 0 Å². The van der Waals surface area contributed by atoms with Gasteiger partial charge in [-0.2, -0.15) is 5.10 Å². The number of nitrogens with zero attached hydrogens (tertiary/aromatic N) is 2. The number of para-hydroxylation sites is 1. The smallest absolute Gasteiger partial charge is 0.135 e. The van der Waals surface area contributed by atoms with Crippen molar-refractivity contribution in [3.05, 3.63) is 39.6 Å². The van der Waals surface area contributed by atoms with Gasteiger partial charge in [0.2, 0.25) is 0 Å². The minimum atomic E-state index is 0.394. The summed E-state index contributed by atoms with van der Waals surface area (Å²) < 4.78 is 8.62. The van der Waals surface area contributed by atoms with Crippen molar-refractivity contribution in [3.8, 4) is 5.75 Å². The first-order valence-electron chi connectivity index (χ1n) is 6.79. The van der Waals surface area contributed by atoms with E-state index in [2.05, 4.69) is 41.5 Å². The van der Waals surface area contributed by atoms with Gasteiger partial charge in [0.1, 0.15) is 11.6 Å². The van der Waals surface area contributed by atoms with E-state index in [0.717, 1.165) is 33.8 Å². The van der Waals surface area contributed by atoms with Gasteiger partial charge in [0.05, 0.1) is 15.9 Å². The van der Waals surface area contributed by atoms with Gasteiger partial charge in [-0.15, -0.1) is 0 Å². The number of aryl methyl sites for hydroxylation is 1. The van der Waals surface area contributed by atoms with Gasteiger partial charge in [0, 0.05) is 13.0 Å². The van der Waals surface area contributed by atoms with E-state index >= 15 is 0 Å². The molecule has 0 fully saturated rings. The van der Waals surface area contributed by atoms with Crippen molar-refractivity contribution in [2.75, 3.05) is 12.3 Å². The number of anilines is 1. The van der Waals surface area contributed by atoms with Crippen molar-refractivity contribution < 1.29 is 4.74 Å². The Morgan fingerprint density at radius 3 is 2.60 bits per heavy atom. The summed E-state index contributed by atoms with van der Waals surface area (Å²) in [6, 6.07) is 9.84. The highest BCUT2D eigenvalue weighted by Crippen LogP contribution is 2.25. The average molecular weight is 385 g/mol. The lowest BCUT2D eigenvalue weighted by atomic mass is 10.1. The molecule has 2 aromatic rings. The van der Waals surface area contributed by atoms with Crippen LogP contribution in [0.15, 0.2) is 30.3 Å². The molecule has 0 aliphatic carbocycles. The quantitative estimate of drug-likeness (QED) is 0.610. The van der Waals surface area contributed by atoms with E-state index in [1.165, 1.54) is 0 Å². The van der Waals surface area contributed by atoms with Gasteiger partial charge >= 0.3 is 0 Å². The molecule has 108 valence electrons. The fourth-order valence-corrected chi connectivity index (χ4v) is 2.94. The number of hydrogen-bond acceptors (Lipinski definition) is 3. The van der Waals surface area contributed by atoms with Crippen LogP contribution in [-0.4, -0.2) is 16.4 Å². The Bertz CT molecular complexity index is 552. The van der Waals surface area contributed by atoms with Gasteiger partial charge in [0.25, 0.3) is 0 Å². The van der Waals surface area contributed by atoms with Crippen molar-refractivity contribution in [1.29, 1.82) is 0 Å². The van der Waals surface area contributed by atoms with Gasteiger partial charge < -0.3 is 10.5 Å². The number of ether oxygens (including phenoxy) is 1. The molecule has 0 saturated heterocycles. The third kappa shape index (κ3) is 3.65. The molecule has 2 N–H and O–H groups in total. The zero-order chi connectivity index (χ0) is 14.5. The van der Waals surface area contributed by atoms with Crippen LogP contribution in [0.25, 0.3) is 0 Å². The van der Waals surface area contributed by atoms with E-state index in [1.54, 1.807) is 0 Å². The van der Waals surface area contributed by atoms with Crippen molar-refractivity contribution in [1.82, 2.24) is 9.78 Å². The normalized spacial score (nSPS) is 11.0. The largest absolute Gasteiger partial charge is 0.494 e. The van der Waals surface area contributed by atoms with Crippen LogP contribution in [0, 0.1) is 3.57 Å². The zero-order valence-electron chi connectivity index (χ0n) is 11.8. The number of aromatic nitrogens is 2. The fourth-order valence-electron chi connectivity index (χ4n) is 1.93. The Morgan fingerprint density at radius 2 is 2.00 bits per heavy atom. The SMILES string of the molecule is CC(C)c1nn(CCCOc2ccccc2)c(N)c1I. The Balaban J connectivity index is 1.87. The summed E-state index contributed by atoms with van der Waals surface area (Å²) in [5.74, 6) is 2.05. The molecular formula is C15H20IN3O. The molecule has 0 aliphatic heterocycles. The Labute approximate surface area is 133 Å². The van der Waals surface area contributed by atoms with Crippen molar-refractivity contribution in [3.63, 3.8) is 0 Å². The summed E-state index contributed by atoms with van der Waals surface area (Å²) in [5, 5.41) is 4.58. The lowest BCUT2D eigenvalue weighted by Gasteiger charge is -2.07. The molecule has 1 aromatic carbocycles. The first kappa shape index (κ1) is 15.2. The van der Waals surface area contributed by atoms with E-state index < -0.39 is 0 Å². The molecule has 2 rings (SSSR count). The number of hydrogen-bond donors (Lipinski definition) is 1. The summed E-state index contributed by atoms with van der Waals surface area (Å²) in [7, 11) is 0. The molecule has 0 aliphatic rings. The molecular weight excluding hydrogens is 365 g/mol. The first-order chi connectivity index (χ1) is 9.59. The number of nitrogen functional groups attached to an aromatic ring is 1. The highest BCUT2D eigenvalue weighted by Gasteiger charge is 2.15. The van der Waals surface area contributed by atoms with Gasteiger partial charge in [-0.05, 0) is 40.6 Å². The molecule has 1 aromatic heterocycles. The van der Waals surface area contributed by atoms with Crippen LogP contribution in [-0.2, 0) is 6.54 Å². The summed E-state index contributed by atoms with van der Waals surface area (Å²) in [6.45, 7) is 5.71. The predicted molar refractivity (Wildman–Crippen MR) is 90.0 cm³/mol. The molecule has 1 heterocycles. The van der Waals surface area contributed by atoms with Crippen LogP contribution < -0.4 is 10.5 Å². The van der Waals surface area contributed by atoms with Gasteiger partial charge in [-0.1, -0.05) is 32.0 Å². The molecule has 4 nitrogen and oxygen atoms in total. The Kier molecular flexibility index (Phi) is 5.28. The molecule has 0 saturated carbocycles. The maximum Gasteiger partial charge on any atom is 0.135 e. The number of nitrogens with two attached hydrogens (primary N) is 1. The summed E-state index contributed by atoms with van der Waals surface area (Å²) >= 11 is 2.27. The Hall–Kier alpha value is -1.24. The molecule has 0 atom stereocenters.